The molecule has 0 spiro atoms. The first kappa shape index (κ1) is 37.2. The molecule has 0 radical (unpaired) electrons. The van der Waals surface area contributed by atoms with Crippen LogP contribution in [0.15, 0.2) is 97.2 Å². The number of benzene rings is 3. The van der Waals surface area contributed by atoms with Crippen LogP contribution in [0.4, 0.5) is 9.18 Å². The van der Waals surface area contributed by atoms with Gasteiger partial charge in [0.1, 0.15) is 30.1 Å². The summed E-state index contributed by atoms with van der Waals surface area (Å²) in [6, 6.07) is 28.2. The molecule has 0 aliphatic carbocycles. The van der Waals surface area contributed by atoms with E-state index in [1.165, 1.54) is 6.07 Å². The van der Waals surface area contributed by atoms with Gasteiger partial charge in [0.05, 0.1) is 5.60 Å². The van der Waals surface area contributed by atoms with Gasteiger partial charge in [0.25, 0.3) is 0 Å². The summed E-state index contributed by atoms with van der Waals surface area (Å²) in [6.07, 6.45) is 1.37. The zero-order valence-corrected chi connectivity index (χ0v) is 30.6. The van der Waals surface area contributed by atoms with Gasteiger partial charge in [-0.05, 0) is 68.1 Å². The molecule has 0 saturated carbocycles. The minimum Gasteiger partial charge on any atom is -0.473 e. The van der Waals surface area contributed by atoms with Gasteiger partial charge in [0, 0.05) is 47.3 Å². The summed E-state index contributed by atoms with van der Waals surface area (Å²) in [4.78, 5) is 23.7. The number of carbonyl (C=O) groups is 1. The third kappa shape index (κ3) is 8.66. The highest BCUT2D eigenvalue weighted by Gasteiger charge is 2.50. The summed E-state index contributed by atoms with van der Waals surface area (Å²) in [5.74, 6) is 0.211. The number of likely N-dealkylation sites (tertiary alicyclic amines) is 1. The fraction of sp³-hybridized carbons (Fsp3) is 0.357. The highest BCUT2D eigenvalue weighted by molar-refractivity contribution is 5.86. The SMILES string of the molecule is CC.CC(C)(C)OC(=O)N1CCC(O)(c2cc(F)c3ncc(-c4ccc(OCc5ccccc5)nc4OCc4ccccc4)cc3c2)C(C)(C)C1. The van der Waals surface area contributed by atoms with E-state index in [4.69, 9.17) is 19.2 Å². The number of fused-ring (bicyclic) bond motifs is 1. The Bertz CT molecular complexity index is 1950. The molecule has 1 N–H and O–H groups in total. The van der Waals surface area contributed by atoms with Gasteiger partial charge in [-0.3, -0.25) is 4.98 Å². The Morgan fingerprint density at radius 1 is 0.902 bits per heavy atom. The molecule has 268 valence electrons. The third-order valence-corrected chi connectivity index (χ3v) is 8.91. The zero-order chi connectivity index (χ0) is 36.8. The Kier molecular flexibility index (Phi) is 11.3. The smallest absolute Gasteiger partial charge is 0.410 e. The molecule has 5 aromatic rings. The first-order chi connectivity index (χ1) is 24.3. The second-order valence-electron chi connectivity index (χ2n) is 14.2. The molecule has 8 nitrogen and oxygen atoms in total. The van der Waals surface area contributed by atoms with Crippen LogP contribution in [0.2, 0.25) is 0 Å². The van der Waals surface area contributed by atoms with Crippen molar-refractivity contribution in [2.24, 2.45) is 5.41 Å². The lowest BCUT2D eigenvalue weighted by Crippen LogP contribution is -2.57. The fourth-order valence-corrected chi connectivity index (χ4v) is 6.22. The number of amides is 1. The van der Waals surface area contributed by atoms with Crippen molar-refractivity contribution in [3.05, 3.63) is 120 Å². The zero-order valence-electron chi connectivity index (χ0n) is 30.6. The van der Waals surface area contributed by atoms with E-state index in [0.717, 1.165) is 11.1 Å². The standard InChI is InChI=1S/C40H42FN3O5.C2H6/c1-38(2,3)49-37(45)44-19-18-40(46,39(4,5)26-44)31-21-29-20-30(23-42-35(29)33(41)22-31)32-16-17-34(47-24-27-12-8-6-9-13-27)43-36(32)48-25-28-14-10-7-11-15-28;1-2/h6-17,20-23,46H,18-19,24-26H2,1-5H3;1-2H3. The Hall–Kier alpha value is -5.02. The van der Waals surface area contributed by atoms with Crippen molar-refractivity contribution < 1.29 is 28.5 Å². The summed E-state index contributed by atoms with van der Waals surface area (Å²) in [7, 11) is 0. The van der Waals surface area contributed by atoms with Crippen molar-refractivity contribution in [2.45, 2.75) is 79.3 Å². The second kappa shape index (κ2) is 15.5. The van der Waals surface area contributed by atoms with Gasteiger partial charge in [-0.1, -0.05) is 88.4 Å². The summed E-state index contributed by atoms with van der Waals surface area (Å²) in [6.45, 7) is 14.3. The minimum atomic E-state index is -1.42. The number of halogens is 1. The van der Waals surface area contributed by atoms with Crippen LogP contribution >= 0.6 is 0 Å². The van der Waals surface area contributed by atoms with Gasteiger partial charge < -0.3 is 24.2 Å². The average molecular weight is 694 g/mol. The van der Waals surface area contributed by atoms with Crippen LogP contribution < -0.4 is 9.47 Å². The molecule has 51 heavy (non-hydrogen) atoms. The molecule has 1 fully saturated rings. The van der Waals surface area contributed by atoms with Crippen LogP contribution in [0.5, 0.6) is 11.8 Å². The molecule has 6 rings (SSSR count). The molecule has 3 heterocycles. The van der Waals surface area contributed by atoms with Gasteiger partial charge in [-0.15, -0.1) is 0 Å². The van der Waals surface area contributed by atoms with Gasteiger partial charge in [0.15, 0.2) is 0 Å². The van der Waals surface area contributed by atoms with Crippen molar-refractivity contribution in [3.63, 3.8) is 0 Å². The fourth-order valence-electron chi connectivity index (χ4n) is 6.22. The summed E-state index contributed by atoms with van der Waals surface area (Å²) in [5, 5.41) is 12.7. The second-order valence-corrected chi connectivity index (χ2v) is 14.2. The number of hydrogen-bond acceptors (Lipinski definition) is 7. The van der Waals surface area contributed by atoms with Crippen LogP contribution in [-0.4, -0.2) is 44.8 Å². The van der Waals surface area contributed by atoms with E-state index in [2.05, 4.69) is 4.98 Å². The number of rotatable bonds is 8. The first-order valence-electron chi connectivity index (χ1n) is 17.5. The number of carbonyl (C=O) groups excluding carboxylic acids is 1. The molecule has 1 aliphatic heterocycles. The predicted molar refractivity (Wildman–Crippen MR) is 198 cm³/mol. The maximum atomic E-state index is 15.7. The van der Waals surface area contributed by atoms with E-state index in [1.54, 1.807) is 23.2 Å². The van der Waals surface area contributed by atoms with Crippen molar-refractivity contribution in [1.29, 1.82) is 0 Å². The summed E-state index contributed by atoms with van der Waals surface area (Å²) >= 11 is 0. The Balaban J connectivity index is 0.00000248. The number of ether oxygens (including phenoxy) is 3. The molecule has 1 unspecified atom stereocenters. The predicted octanol–water partition coefficient (Wildman–Crippen LogP) is 9.47. The summed E-state index contributed by atoms with van der Waals surface area (Å²) < 4.78 is 33.5. The molecule has 9 heteroatoms. The maximum absolute atomic E-state index is 15.7. The number of nitrogens with zero attached hydrogens (tertiary/aromatic N) is 3. The van der Waals surface area contributed by atoms with Gasteiger partial charge in [0.2, 0.25) is 11.8 Å². The van der Waals surface area contributed by atoms with Crippen molar-refractivity contribution >= 4 is 17.0 Å². The van der Waals surface area contributed by atoms with Gasteiger partial charge >= 0.3 is 6.09 Å². The largest absolute Gasteiger partial charge is 0.473 e. The van der Waals surface area contributed by atoms with E-state index < -0.39 is 28.5 Å². The topological polar surface area (TPSA) is 94.0 Å². The molecular formula is C42H48FN3O5. The van der Waals surface area contributed by atoms with E-state index >= 15 is 4.39 Å². The molecule has 2 aromatic heterocycles. The normalized spacial score (nSPS) is 16.9. The molecule has 1 saturated heterocycles. The number of hydrogen-bond donors (Lipinski definition) is 1. The average Bonchev–Trinajstić information content (AvgIpc) is 3.11. The third-order valence-electron chi connectivity index (χ3n) is 8.91. The molecule has 1 atom stereocenters. The number of pyridine rings is 2. The summed E-state index contributed by atoms with van der Waals surface area (Å²) in [5.41, 5.74) is 1.05. The lowest BCUT2D eigenvalue weighted by atomic mass is 9.66. The quantitative estimate of drug-likeness (QED) is 0.173. The van der Waals surface area contributed by atoms with Crippen LogP contribution in [0.1, 0.15) is 71.6 Å². The van der Waals surface area contributed by atoms with E-state index in [0.29, 0.717) is 40.4 Å². The molecule has 0 bridgehead atoms. The first-order valence-corrected chi connectivity index (χ1v) is 17.5. The van der Waals surface area contributed by atoms with E-state index in [9.17, 15) is 9.90 Å². The van der Waals surface area contributed by atoms with Crippen molar-refractivity contribution in [3.8, 4) is 22.9 Å². The Morgan fingerprint density at radius 3 is 2.14 bits per heavy atom. The Morgan fingerprint density at radius 2 is 1.53 bits per heavy atom. The minimum absolute atomic E-state index is 0.183. The number of aromatic nitrogens is 2. The van der Waals surface area contributed by atoms with Crippen LogP contribution in [0, 0.1) is 11.2 Å². The van der Waals surface area contributed by atoms with Crippen LogP contribution in [0.3, 0.4) is 0 Å². The number of piperidine rings is 1. The van der Waals surface area contributed by atoms with Gasteiger partial charge in [-0.2, -0.15) is 4.98 Å². The van der Waals surface area contributed by atoms with E-state index in [1.807, 2.05) is 121 Å². The molecule has 1 amide bonds. The Labute approximate surface area is 300 Å². The van der Waals surface area contributed by atoms with Crippen LogP contribution in [-0.2, 0) is 23.6 Å². The highest BCUT2D eigenvalue weighted by Crippen LogP contribution is 2.47. The molecule has 1 aliphatic rings. The monoisotopic (exact) mass is 693 g/mol. The lowest BCUT2D eigenvalue weighted by molar-refractivity contribution is -0.123. The van der Waals surface area contributed by atoms with Crippen molar-refractivity contribution in [1.82, 2.24) is 14.9 Å². The van der Waals surface area contributed by atoms with Crippen LogP contribution in [0.25, 0.3) is 22.0 Å². The lowest BCUT2D eigenvalue weighted by Gasteiger charge is -2.50. The van der Waals surface area contributed by atoms with E-state index in [-0.39, 0.29) is 31.6 Å². The van der Waals surface area contributed by atoms with Crippen molar-refractivity contribution in [2.75, 3.05) is 13.1 Å². The maximum Gasteiger partial charge on any atom is 0.410 e. The molecule has 3 aromatic carbocycles. The number of aliphatic hydroxyl groups is 1. The highest BCUT2D eigenvalue weighted by atomic mass is 19.1. The van der Waals surface area contributed by atoms with Gasteiger partial charge in [-0.25, -0.2) is 9.18 Å². The molecular weight excluding hydrogens is 645 g/mol.